The maximum Gasteiger partial charge on any atom is 0.265 e. The molecule has 0 bridgehead atoms. The normalized spacial score (nSPS) is 16.2. The van der Waals surface area contributed by atoms with E-state index in [1.165, 1.54) is 16.2 Å². The molecule has 1 aliphatic heterocycles. The Bertz CT molecular complexity index is 1310. The number of hydrogen-bond donors (Lipinski definition) is 1. The van der Waals surface area contributed by atoms with E-state index in [4.69, 9.17) is 12.2 Å². The van der Waals surface area contributed by atoms with E-state index in [0.29, 0.717) is 0 Å². The van der Waals surface area contributed by atoms with Crippen LogP contribution in [-0.4, -0.2) is 38.4 Å². The molecule has 0 spiro atoms. The predicted molar refractivity (Wildman–Crippen MR) is 118 cm³/mol. The van der Waals surface area contributed by atoms with Crippen LogP contribution in [0, 0.1) is 0 Å². The minimum atomic E-state index is -0.480. The van der Waals surface area contributed by atoms with Gasteiger partial charge in [-0.25, -0.2) is 4.98 Å². The number of thiocarbonyl (C=S) groups is 1. The van der Waals surface area contributed by atoms with Crippen LogP contribution in [0.5, 0.6) is 0 Å². The fourth-order valence-electron chi connectivity index (χ4n) is 3.45. The lowest BCUT2D eigenvalue weighted by molar-refractivity contribution is -0.128. The minimum absolute atomic E-state index is 0.0647. The molecule has 0 radical (unpaired) electrons. The average Bonchev–Trinajstić information content (AvgIpc) is 3.31. The van der Waals surface area contributed by atoms with E-state index in [-0.39, 0.29) is 10.7 Å². The number of rotatable bonds is 2. The molecule has 6 nitrogen and oxygen atoms in total. The topological polar surface area (TPSA) is 67.2 Å². The van der Waals surface area contributed by atoms with Crippen LogP contribution in [0.1, 0.15) is 4.88 Å². The maximum atomic E-state index is 12.4. The number of benzene rings is 1. The molecule has 1 aliphatic rings. The molecule has 3 aromatic heterocycles. The highest BCUT2D eigenvalue weighted by molar-refractivity contribution is 7.80. The van der Waals surface area contributed by atoms with Crippen molar-refractivity contribution in [2.24, 2.45) is 0 Å². The van der Waals surface area contributed by atoms with Gasteiger partial charge in [0.1, 0.15) is 16.2 Å². The highest BCUT2D eigenvalue weighted by atomic mass is 32.1. The van der Waals surface area contributed by atoms with E-state index in [2.05, 4.69) is 33.1 Å². The van der Waals surface area contributed by atoms with Crippen LogP contribution in [-0.2, 0) is 9.59 Å². The van der Waals surface area contributed by atoms with E-state index in [1.54, 1.807) is 19.3 Å². The molecule has 5 rings (SSSR count). The van der Waals surface area contributed by atoms with E-state index >= 15 is 0 Å². The van der Waals surface area contributed by atoms with E-state index in [0.717, 1.165) is 31.8 Å². The summed E-state index contributed by atoms with van der Waals surface area (Å²) in [5.74, 6) is -0.890. The zero-order chi connectivity index (χ0) is 20.1. The van der Waals surface area contributed by atoms with Crippen LogP contribution >= 0.6 is 23.6 Å². The molecular formula is C21H14N4O2S2. The monoisotopic (exact) mass is 418 g/mol. The lowest BCUT2D eigenvalue weighted by Crippen LogP contribution is -2.52. The summed E-state index contributed by atoms with van der Waals surface area (Å²) in [6, 6.07) is 16.0. The largest absolute Gasteiger partial charge is 0.298 e. The molecule has 1 fully saturated rings. The van der Waals surface area contributed by atoms with Gasteiger partial charge in [0.15, 0.2) is 5.11 Å². The fraction of sp³-hybridized carbons (Fsp3) is 0.0476. The van der Waals surface area contributed by atoms with Crippen LogP contribution < -0.4 is 5.32 Å². The van der Waals surface area contributed by atoms with E-state index < -0.39 is 11.8 Å². The third-order valence-electron chi connectivity index (χ3n) is 4.86. The second-order valence-electron chi connectivity index (χ2n) is 6.58. The summed E-state index contributed by atoms with van der Waals surface area (Å²) in [6.07, 6.45) is 3.38. The Morgan fingerprint density at radius 1 is 1.07 bits per heavy atom. The van der Waals surface area contributed by atoms with Crippen molar-refractivity contribution >= 4 is 68.5 Å². The zero-order valence-corrected chi connectivity index (χ0v) is 16.9. The third-order valence-corrected chi connectivity index (χ3v) is 6.25. The van der Waals surface area contributed by atoms with E-state index in [9.17, 15) is 9.59 Å². The van der Waals surface area contributed by atoms with Gasteiger partial charge >= 0.3 is 0 Å². The molecule has 0 atom stereocenters. The van der Waals surface area contributed by atoms with Gasteiger partial charge in [-0.1, -0.05) is 18.2 Å². The van der Waals surface area contributed by atoms with Crippen molar-refractivity contribution in [2.45, 2.75) is 0 Å². The average molecular weight is 419 g/mol. The first kappa shape index (κ1) is 17.7. The molecule has 2 amide bonds. The Morgan fingerprint density at radius 2 is 1.86 bits per heavy atom. The first-order chi connectivity index (χ1) is 14.0. The molecular weight excluding hydrogens is 404 g/mol. The van der Waals surface area contributed by atoms with Crippen molar-refractivity contribution in [3.8, 4) is 5.00 Å². The molecule has 142 valence electrons. The summed E-state index contributed by atoms with van der Waals surface area (Å²) < 4.78 is 2.10. The maximum absolute atomic E-state index is 12.4. The number of carbonyl (C=O) groups excluding carboxylic acids is 2. The van der Waals surface area contributed by atoms with Crippen LogP contribution in [0.2, 0.25) is 0 Å². The highest BCUT2D eigenvalue weighted by Gasteiger charge is 2.30. The van der Waals surface area contributed by atoms with Crippen molar-refractivity contribution in [1.82, 2.24) is 19.8 Å². The van der Waals surface area contributed by atoms with Crippen molar-refractivity contribution < 1.29 is 9.59 Å². The number of nitrogens with one attached hydrogen (secondary N) is 1. The third kappa shape index (κ3) is 2.76. The number of carbonyl (C=O) groups is 2. The van der Waals surface area contributed by atoms with Gasteiger partial charge in [-0.2, -0.15) is 0 Å². The summed E-state index contributed by atoms with van der Waals surface area (Å²) >= 11 is 6.47. The van der Waals surface area contributed by atoms with Gasteiger partial charge in [-0.15, -0.1) is 11.3 Å². The molecule has 0 aliphatic carbocycles. The van der Waals surface area contributed by atoms with Crippen molar-refractivity contribution in [1.29, 1.82) is 0 Å². The molecule has 4 heterocycles. The second kappa shape index (κ2) is 6.61. The van der Waals surface area contributed by atoms with Gasteiger partial charge in [0.05, 0.1) is 5.52 Å². The molecule has 0 unspecified atom stereocenters. The number of amides is 2. The van der Waals surface area contributed by atoms with Gasteiger partial charge in [0.2, 0.25) is 0 Å². The van der Waals surface area contributed by atoms with Gasteiger partial charge in [0, 0.05) is 28.9 Å². The summed E-state index contributed by atoms with van der Waals surface area (Å²) in [5.41, 5.74) is 1.99. The minimum Gasteiger partial charge on any atom is -0.298 e. The number of aromatic nitrogens is 2. The van der Waals surface area contributed by atoms with Crippen LogP contribution in [0.3, 0.4) is 0 Å². The number of nitrogens with zero attached hydrogens (tertiary/aromatic N) is 3. The predicted octanol–water partition coefficient (Wildman–Crippen LogP) is 3.50. The van der Waals surface area contributed by atoms with E-state index in [1.807, 2.05) is 30.3 Å². The number of para-hydroxylation sites is 1. The quantitative estimate of drug-likeness (QED) is 0.307. The molecule has 1 saturated heterocycles. The van der Waals surface area contributed by atoms with Crippen LogP contribution in [0.4, 0.5) is 0 Å². The van der Waals surface area contributed by atoms with Gasteiger partial charge in [-0.05, 0) is 48.6 Å². The summed E-state index contributed by atoms with van der Waals surface area (Å²) in [5, 5.41) is 5.80. The van der Waals surface area contributed by atoms with Crippen molar-refractivity contribution in [3.05, 3.63) is 65.2 Å². The SMILES string of the molecule is CN1C(=O)/C(=C/c2ccc(-n3c4ccccc4c4cccnc43)s2)C(=O)NC1=S. The van der Waals surface area contributed by atoms with Gasteiger partial charge in [0.25, 0.3) is 11.8 Å². The van der Waals surface area contributed by atoms with Crippen molar-refractivity contribution in [2.75, 3.05) is 7.05 Å². The molecule has 8 heteroatoms. The first-order valence-corrected chi connectivity index (χ1v) is 10.1. The molecule has 1 aromatic carbocycles. The van der Waals surface area contributed by atoms with Gasteiger partial charge in [-0.3, -0.25) is 24.4 Å². The molecule has 0 saturated carbocycles. The lowest BCUT2D eigenvalue weighted by Gasteiger charge is -2.24. The Hall–Kier alpha value is -3.36. The number of hydrogen-bond acceptors (Lipinski definition) is 5. The number of fused-ring (bicyclic) bond motifs is 3. The first-order valence-electron chi connectivity index (χ1n) is 8.84. The Morgan fingerprint density at radius 3 is 2.72 bits per heavy atom. The summed E-state index contributed by atoms with van der Waals surface area (Å²) in [7, 11) is 1.54. The Labute approximate surface area is 175 Å². The van der Waals surface area contributed by atoms with Gasteiger partial charge < -0.3 is 0 Å². The zero-order valence-electron chi connectivity index (χ0n) is 15.2. The molecule has 4 aromatic rings. The van der Waals surface area contributed by atoms with Crippen LogP contribution in [0.25, 0.3) is 33.0 Å². The number of likely N-dealkylation sites (N-methyl/N-ethyl adjacent to an activating group) is 1. The van der Waals surface area contributed by atoms with Crippen LogP contribution in [0.15, 0.2) is 60.3 Å². The molecule has 1 N–H and O–H groups in total. The second-order valence-corrected chi connectivity index (χ2v) is 8.07. The smallest absolute Gasteiger partial charge is 0.265 e. The standard InChI is InChI=1S/C21H14N4O2S2/c1-24-20(27)15(19(26)23-21(24)28)11-12-8-9-17(29-12)25-16-7-3-2-5-13(16)14-6-4-10-22-18(14)25/h2-11H,1H3,(H,23,26,28)/b15-11+. The highest BCUT2D eigenvalue weighted by Crippen LogP contribution is 2.33. The lowest BCUT2D eigenvalue weighted by atomic mass is 10.1. The van der Waals surface area contributed by atoms with Crippen molar-refractivity contribution in [3.63, 3.8) is 0 Å². The fourth-order valence-corrected chi connectivity index (χ4v) is 4.59. The summed E-state index contributed by atoms with van der Waals surface area (Å²) in [6.45, 7) is 0. The Balaban J connectivity index is 1.64. The number of thiophene rings is 1. The Kier molecular flexibility index (Phi) is 4.04. The molecule has 29 heavy (non-hydrogen) atoms. The number of pyridine rings is 1. The summed E-state index contributed by atoms with van der Waals surface area (Å²) in [4.78, 5) is 31.3.